The minimum Gasteiger partial charge on any atom is -0.382 e. The summed E-state index contributed by atoms with van der Waals surface area (Å²) in [5.74, 6) is -2.00. The number of nitrogens with one attached hydrogen (secondary N) is 2. The number of likely N-dealkylation sites (tertiary alicyclic amines) is 2. The number of hydrogen-bond acceptors (Lipinski definition) is 10. The van der Waals surface area contributed by atoms with E-state index in [4.69, 9.17) is 0 Å². The van der Waals surface area contributed by atoms with Gasteiger partial charge in [0.2, 0.25) is 11.8 Å². The highest BCUT2D eigenvalue weighted by Gasteiger charge is 2.34. The van der Waals surface area contributed by atoms with Crippen molar-refractivity contribution in [2.24, 2.45) is 20.0 Å². The summed E-state index contributed by atoms with van der Waals surface area (Å²) in [7, 11) is 3.56. The molecule has 4 saturated heterocycles. The second-order valence-electron chi connectivity index (χ2n) is 20.5. The van der Waals surface area contributed by atoms with Gasteiger partial charge in [0.15, 0.2) is 5.82 Å². The zero-order chi connectivity index (χ0) is 50.3. The van der Waals surface area contributed by atoms with Crippen LogP contribution in [0.5, 0.6) is 0 Å². The lowest BCUT2D eigenvalue weighted by molar-refractivity contribution is -0.135. The molecule has 1 unspecified atom stereocenters. The van der Waals surface area contributed by atoms with Crippen LogP contribution in [0, 0.1) is 30.3 Å². The van der Waals surface area contributed by atoms with Crippen LogP contribution in [0.1, 0.15) is 96.2 Å². The van der Waals surface area contributed by atoms with Crippen molar-refractivity contribution in [2.45, 2.75) is 76.8 Å². The molecule has 6 aromatic rings. The number of aromatic nitrogens is 5. The topological polar surface area (TPSA) is 155 Å². The Morgan fingerprint density at radius 3 is 2.28 bits per heavy atom. The predicted octanol–water partition coefficient (Wildman–Crippen LogP) is 5.66. The molecule has 0 aliphatic carbocycles. The summed E-state index contributed by atoms with van der Waals surface area (Å²) >= 11 is 0. The second-order valence-corrected chi connectivity index (χ2v) is 20.5. The Kier molecular flexibility index (Phi) is 12.4. The average Bonchev–Trinajstić information content (AvgIpc) is 4.07. The number of carbonyl (C=O) groups is 3. The van der Waals surface area contributed by atoms with E-state index < -0.39 is 29.3 Å². The van der Waals surface area contributed by atoms with Crippen LogP contribution in [-0.2, 0) is 30.1 Å². The number of benzene rings is 2. The summed E-state index contributed by atoms with van der Waals surface area (Å²) in [6.45, 7) is 10.7. The number of aryl methyl sites for hydroxylation is 3. The molecule has 378 valence electrons. The van der Waals surface area contributed by atoms with Gasteiger partial charge in [0.1, 0.15) is 23.3 Å². The molecule has 5 aliphatic rings. The Hall–Kier alpha value is -6.73. The van der Waals surface area contributed by atoms with E-state index in [0.29, 0.717) is 89.8 Å². The third-order valence-corrected chi connectivity index (χ3v) is 16.4. The fraction of sp³-hybridized carbons (Fsp3) is 0.472. The number of piperidine rings is 3. The monoisotopic (exact) mass is 987 g/mol. The SMILES string of the molecule is Cc1cc(C(=O)N2CCC(CN3CCN(c4cc5c(cc4F)n(C4CCC(=O)NC4=O)c(=O)n5C)CC3)CC2)cc(F)c1C1CCN([C@@H](C)c2cc3c(-n4cc(F)c5c(c4=O)CCN5)ccnc3n2C)CC1. The van der Waals surface area contributed by atoms with Crippen molar-refractivity contribution in [1.29, 1.82) is 0 Å². The molecule has 4 aromatic heterocycles. The van der Waals surface area contributed by atoms with E-state index in [1.54, 1.807) is 25.4 Å². The Morgan fingerprint density at radius 1 is 0.806 bits per heavy atom. The molecule has 19 heteroatoms. The molecule has 4 fully saturated rings. The number of halogens is 3. The van der Waals surface area contributed by atoms with Gasteiger partial charge in [-0.15, -0.1) is 0 Å². The molecular weight excluding hydrogens is 928 g/mol. The van der Waals surface area contributed by atoms with Gasteiger partial charge in [0.25, 0.3) is 11.5 Å². The molecule has 2 aromatic carbocycles. The van der Waals surface area contributed by atoms with Crippen LogP contribution >= 0.6 is 0 Å². The highest BCUT2D eigenvalue weighted by atomic mass is 19.1. The third-order valence-electron chi connectivity index (χ3n) is 16.4. The molecule has 16 nitrogen and oxygen atoms in total. The van der Waals surface area contributed by atoms with E-state index in [2.05, 4.69) is 32.3 Å². The summed E-state index contributed by atoms with van der Waals surface area (Å²) in [5, 5.41) is 6.04. The molecule has 0 spiro atoms. The lowest BCUT2D eigenvalue weighted by Crippen LogP contribution is -2.49. The largest absolute Gasteiger partial charge is 0.382 e. The number of rotatable bonds is 9. The number of nitrogens with zero attached hydrogens (tertiary/aromatic N) is 9. The third kappa shape index (κ3) is 8.27. The van der Waals surface area contributed by atoms with Crippen LogP contribution in [0.15, 0.2) is 58.4 Å². The number of hydrogen-bond donors (Lipinski definition) is 2. The number of anilines is 2. The minimum atomic E-state index is -0.889. The first-order valence-corrected chi connectivity index (χ1v) is 25.3. The first-order valence-electron chi connectivity index (χ1n) is 25.3. The minimum absolute atomic E-state index is 0.00432. The van der Waals surface area contributed by atoms with Crippen LogP contribution in [0.4, 0.5) is 24.5 Å². The number of pyridine rings is 2. The number of carbonyl (C=O) groups excluding carboxylic acids is 3. The van der Waals surface area contributed by atoms with Crippen LogP contribution in [0.2, 0.25) is 0 Å². The maximum Gasteiger partial charge on any atom is 0.329 e. The molecule has 0 radical (unpaired) electrons. The first kappa shape index (κ1) is 47.6. The Balaban J connectivity index is 0.678. The first-order chi connectivity index (χ1) is 34.6. The Bertz CT molecular complexity index is 3280. The van der Waals surface area contributed by atoms with Gasteiger partial charge >= 0.3 is 5.69 Å². The fourth-order valence-corrected chi connectivity index (χ4v) is 12.4. The van der Waals surface area contributed by atoms with E-state index in [9.17, 15) is 24.0 Å². The van der Waals surface area contributed by atoms with Crippen LogP contribution in [0.3, 0.4) is 0 Å². The molecule has 3 amide bonds. The zero-order valence-electron chi connectivity index (χ0n) is 41.1. The van der Waals surface area contributed by atoms with Gasteiger partial charge in [0.05, 0.1) is 34.3 Å². The lowest BCUT2D eigenvalue weighted by Gasteiger charge is -2.39. The van der Waals surface area contributed by atoms with E-state index >= 15 is 13.2 Å². The number of imidazole rings is 1. The summed E-state index contributed by atoms with van der Waals surface area (Å²) in [4.78, 5) is 78.2. The smallest absolute Gasteiger partial charge is 0.329 e. The van der Waals surface area contributed by atoms with Crippen molar-refractivity contribution < 1.29 is 27.6 Å². The van der Waals surface area contributed by atoms with E-state index in [-0.39, 0.29) is 53.7 Å². The molecule has 2 N–H and O–H groups in total. The fourth-order valence-electron chi connectivity index (χ4n) is 12.4. The van der Waals surface area contributed by atoms with Gasteiger partial charge in [-0.1, -0.05) is 0 Å². The van der Waals surface area contributed by atoms with Crippen molar-refractivity contribution >= 4 is 51.2 Å². The van der Waals surface area contributed by atoms with Crippen molar-refractivity contribution in [3.63, 3.8) is 0 Å². The van der Waals surface area contributed by atoms with Gasteiger partial charge in [-0.3, -0.25) is 48.0 Å². The summed E-state index contributed by atoms with van der Waals surface area (Å²) < 4.78 is 53.2. The molecular formula is C53H60F3N11O5. The van der Waals surface area contributed by atoms with Gasteiger partial charge in [-0.25, -0.2) is 22.9 Å². The van der Waals surface area contributed by atoms with Gasteiger partial charge in [0, 0.05) is 113 Å². The molecule has 72 heavy (non-hydrogen) atoms. The number of fused-ring (bicyclic) bond motifs is 3. The molecule has 5 aliphatic heterocycles. The Labute approximate surface area is 414 Å². The molecule has 0 saturated carbocycles. The van der Waals surface area contributed by atoms with Crippen molar-refractivity contribution in [2.75, 3.05) is 75.7 Å². The average molecular weight is 988 g/mol. The van der Waals surface area contributed by atoms with Crippen molar-refractivity contribution in [3.8, 4) is 5.69 Å². The molecule has 11 rings (SSSR count). The van der Waals surface area contributed by atoms with Crippen LogP contribution < -0.4 is 26.8 Å². The number of amides is 3. The molecule has 0 bridgehead atoms. The zero-order valence-corrected chi connectivity index (χ0v) is 41.1. The highest BCUT2D eigenvalue weighted by Crippen LogP contribution is 2.38. The second kappa shape index (κ2) is 18.7. The lowest BCUT2D eigenvalue weighted by atomic mass is 9.85. The number of imide groups is 1. The van der Waals surface area contributed by atoms with E-state index in [1.807, 2.05) is 40.5 Å². The normalized spacial score (nSPS) is 20.1. The van der Waals surface area contributed by atoms with Crippen LogP contribution in [0.25, 0.3) is 27.8 Å². The van der Waals surface area contributed by atoms with Gasteiger partial charge < -0.3 is 19.7 Å². The van der Waals surface area contributed by atoms with E-state index in [1.165, 1.54) is 32.0 Å². The van der Waals surface area contributed by atoms with Gasteiger partial charge in [-0.05, 0) is 119 Å². The summed E-state index contributed by atoms with van der Waals surface area (Å²) in [5.41, 5.74) is 5.42. The quantitative estimate of drug-likeness (QED) is 0.174. The number of piperazine rings is 1. The van der Waals surface area contributed by atoms with Crippen molar-refractivity contribution in [3.05, 3.63) is 115 Å². The Morgan fingerprint density at radius 2 is 1.56 bits per heavy atom. The van der Waals surface area contributed by atoms with Crippen molar-refractivity contribution in [1.82, 2.24) is 43.3 Å². The highest BCUT2D eigenvalue weighted by molar-refractivity contribution is 6.00. The predicted molar refractivity (Wildman–Crippen MR) is 267 cm³/mol. The summed E-state index contributed by atoms with van der Waals surface area (Å²) in [6, 6.07) is 9.17. The van der Waals surface area contributed by atoms with Crippen LogP contribution in [-0.4, -0.2) is 121 Å². The summed E-state index contributed by atoms with van der Waals surface area (Å²) in [6.07, 6.45) is 6.81. The van der Waals surface area contributed by atoms with E-state index in [0.717, 1.165) is 75.1 Å². The maximum atomic E-state index is 16.2. The van der Waals surface area contributed by atoms with Gasteiger partial charge in [-0.2, -0.15) is 0 Å². The molecule has 2 atom stereocenters. The standard InChI is InChI=1S/C53H60F3N11O5/c1-30-23-34(24-38(55)47(30)33-11-17-63(18-12-33)31(2)42-25-36-40(8-14-58-49(36)60(42)3)66-29-39(56)48-35(52(66)71)7-13-57-48)51(70)65-15-9-32(10-16-65)28-62-19-21-64(22-20-62)43-27-44-45(26-37(43)54)67(53(72)61(44)4)41-5-6-46(68)59-50(41)69/h8,14,23-27,29,31-33,41,57H,5-7,9-13,15-22,28H2,1-4H3,(H,59,68,69)/t31-,41?/m0/s1. The maximum absolute atomic E-state index is 16.2. The molecule has 9 heterocycles.